The maximum atomic E-state index is 12.7. The topological polar surface area (TPSA) is 96.8 Å². The molecule has 9 nitrogen and oxygen atoms in total. The summed E-state index contributed by atoms with van der Waals surface area (Å²) in [6.07, 6.45) is 1.46. The Morgan fingerprint density at radius 1 is 0.781 bits per heavy atom. The fourth-order valence-electron chi connectivity index (χ4n) is 2.90. The fourth-order valence-corrected chi connectivity index (χ4v) is 2.90. The normalized spacial score (nSPS) is 10.6. The molecule has 2 aromatic carbocycles. The Morgan fingerprint density at radius 3 is 1.81 bits per heavy atom. The lowest BCUT2D eigenvalue weighted by Gasteiger charge is -2.16. The van der Waals surface area contributed by atoms with Crippen LogP contribution in [-0.2, 0) is 0 Å². The van der Waals surface area contributed by atoms with Gasteiger partial charge in [0.25, 0.3) is 5.91 Å². The van der Waals surface area contributed by atoms with Gasteiger partial charge in [-0.2, -0.15) is 5.10 Å². The zero-order chi connectivity index (χ0) is 23.5. The van der Waals surface area contributed by atoms with Crippen molar-refractivity contribution in [1.29, 1.82) is 0 Å². The Labute approximate surface area is 188 Å². The largest absolute Gasteiger partial charge is 0.496 e. The monoisotopic (exact) mass is 446 g/mol. The van der Waals surface area contributed by atoms with Crippen molar-refractivity contribution in [3.63, 3.8) is 0 Å². The molecule has 0 saturated carbocycles. The van der Waals surface area contributed by atoms with E-state index in [0.717, 1.165) is 0 Å². The molecule has 0 atom stereocenters. The van der Waals surface area contributed by atoms with Gasteiger partial charge in [-0.1, -0.05) is 0 Å². The third-order valence-corrected chi connectivity index (χ3v) is 4.28. The number of hydrazone groups is 1. The van der Waals surface area contributed by atoms with Gasteiger partial charge >= 0.3 is 0 Å². The van der Waals surface area contributed by atoms with E-state index in [2.05, 4.69) is 10.5 Å². The van der Waals surface area contributed by atoms with Crippen molar-refractivity contribution in [2.75, 3.05) is 41.2 Å². The quantitative estimate of drug-likeness (QED) is 0.392. The summed E-state index contributed by atoms with van der Waals surface area (Å²) >= 11 is 0. The molecule has 32 heavy (non-hydrogen) atoms. The number of ether oxygens (including phenoxy) is 6. The molecule has 1 N–H and O–H groups in total. The number of amides is 1. The second-order valence-corrected chi connectivity index (χ2v) is 6.25. The van der Waals surface area contributed by atoms with Crippen molar-refractivity contribution in [3.8, 4) is 34.5 Å². The summed E-state index contributed by atoms with van der Waals surface area (Å²) in [5.74, 6) is 2.42. The number of methoxy groups -OCH3 is 3. The standard InChI is InChI=1S/C23H30N2O7/c1-7-30-20-10-15(11-21(31-8-2)22(20)32-9-3)23(26)25-24-14-16-12-18(28-5)19(29-6)13-17(16)27-4/h10-14H,7-9H2,1-6H3,(H,25,26)/b24-14+. The second kappa shape index (κ2) is 12.3. The average Bonchev–Trinajstić information content (AvgIpc) is 2.80. The molecule has 0 radical (unpaired) electrons. The van der Waals surface area contributed by atoms with E-state index in [4.69, 9.17) is 28.4 Å². The van der Waals surface area contributed by atoms with Gasteiger partial charge in [-0.05, 0) is 39.0 Å². The number of hydrogen-bond donors (Lipinski definition) is 1. The van der Waals surface area contributed by atoms with Crippen LogP contribution in [0.15, 0.2) is 29.4 Å². The molecular formula is C23H30N2O7. The smallest absolute Gasteiger partial charge is 0.271 e. The number of carbonyl (C=O) groups is 1. The summed E-state index contributed by atoms with van der Waals surface area (Å²) in [6, 6.07) is 6.57. The predicted molar refractivity (Wildman–Crippen MR) is 121 cm³/mol. The summed E-state index contributed by atoms with van der Waals surface area (Å²) in [5, 5.41) is 4.05. The van der Waals surface area contributed by atoms with Crippen LogP contribution >= 0.6 is 0 Å². The van der Waals surface area contributed by atoms with Gasteiger partial charge in [0.1, 0.15) is 5.75 Å². The average molecular weight is 447 g/mol. The van der Waals surface area contributed by atoms with Gasteiger partial charge in [0.15, 0.2) is 23.0 Å². The first-order valence-corrected chi connectivity index (χ1v) is 10.2. The van der Waals surface area contributed by atoms with E-state index < -0.39 is 5.91 Å². The van der Waals surface area contributed by atoms with Crippen LogP contribution in [0.1, 0.15) is 36.7 Å². The SMILES string of the molecule is CCOc1cc(C(=O)N/N=C/c2cc(OC)c(OC)cc2OC)cc(OCC)c1OCC. The highest BCUT2D eigenvalue weighted by Gasteiger charge is 2.18. The minimum Gasteiger partial charge on any atom is -0.496 e. The Morgan fingerprint density at radius 2 is 1.31 bits per heavy atom. The fraction of sp³-hybridized carbons (Fsp3) is 0.391. The van der Waals surface area contributed by atoms with Crippen LogP contribution in [0.5, 0.6) is 34.5 Å². The molecule has 2 rings (SSSR count). The molecule has 0 aromatic heterocycles. The lowest BCUT2D eigenvalue weighted by molar-refractivity contribution is 0.0954. The van der Waals surface area contributed by atoms with Crippen molar-refractivity contribution >= 4 is 12.1 Å². The molecule has 0 spiro atoms. The number of carbonyl (C=O) groups excluding carboxylic acids is 1. The molecule has 0 aliphatic rings. The highest BCUT2D eigenvalue weighted by atomic mass is 16.5. The van der Waals surface area contributed by atoms with Crippen molar-refractivity contribution in [2.45, 2.75) is 20.8 Å². The van der Waals surface area contributed by atoms with Gasteiger partial charge in [-0.15, -0.1) is 0 Å². The summed E-state index contributed by atoms with van der Waals surface area (Å²) in [7, 11) is 4.60. The van der Waals surface area contributed by atoms with E-state index in [-0.39, 0.29) is 0 Å². The number of rotatable bonds is 12. The molecule has 0 unspecified atom stereocenters. The van der Waals surface area contributed by atoms with Gasteiger partial charge in [0.05, 0.1) is 47.4 Å². The molecule has 2 aromatic rings. The Kier molecular flexibility index (Phi) is 9.46. The maximum Gasteiger partial charge on any atom is 0.271 e. The van der Waals surface area contributed by atoms with E-state index >= 15 is 0 Å². The predicted octanol–water partition coefficient (Wildman–Crippen LogP) is 3.67. The zero-order valence-corrected chi connectivity index (χ0v) is 19.3. The van der Waals surface area contributed by atoms with Crippen molar-refractivity contribution in [1.82, 2.24) is 5.43 Å². The highest BCUT2D eigenvalue weighted by Crippen LogP contribution is 2.39. The van der Waals surface area contributed by atoms with Crippen LogP contribution in [-0.4, -0.2) is 53.3 Å². The van der Waals surface area contributed by atoms with Crippen molar-refractivity contribution < 1.29 is 33.2 Å². The lowest BCUT2D eigenvalue weighted by atomic mass is 10.1. The Hall–Kier alpha value is -3.62. The molecule has 9 heteroatoms. The molecule has 0 aliphatic heterocycles. The Balaban J connectivity index is 2.30. The number of hydrogen-bond acceptors (Lipinski definition) is 8. The third-order valence-electron chi connectivity index (χ3n) is 4.28. The van der Waals surface area contributed by atoms with Crippen LogP contribution in [0.4, 0.5) is 0 Å². The zero-order valence-electron chi connectivity index (χ0n) is 19.3. The molecule has 0 heterocycles. The van der Waals surface area contributed by atoms with E-state index in [9.17, 15) is 4.79 Å². The van der Waals surface area contributed by atoms with Crippen LogP contribution in [0.3, 0.4) is 0 Å². The minimum atomic E-state index is -0.439. The van der Waals surface area contributed by atoms with E-state index in [0.29, 0.717) is 65.4 Å². The molecule has 0 fully saturated rings. The molecule has 0 aliphatic carbocycles. The summed E-state index contributed by atoms with van der Waals surface area (Å²) in [6.45, 7) is 6.82. The van der Waals surface area contributed by atoms with Crippen LogP contribution in [0.2, 0.25) is 0 Å². The molecular weight excluding hydrogens is 416 g/mol. The Bertz CT molecular complexity index is 917. The maximum absolute atomic E-state index is 12.7. The third kappa shape index (κ3) is 5.96. The van der Waals surface area contributed by atoms with Gasteiger partial charge in [0, 0.05) is 17.2 Å². The van der Waals surface area contributed by atoms with Crippen LogP contribution < -0.4 is 33.8 Å². The van der Waals surface area contributed by atoms with Crippen molar-refractivity contribution in [3.05, 3.63) is 35.4 Å². The summed E-state index contributed by atoms with van der Waals surface area (Å²) in [5.41, 5.74) is 3.42. The first kappa shape index (κ1) is 24.6. The number of benzene rings is 2. The molecule has 1 amide bonds. The van der Waals surface area contributed by atoms with Crippen LogP contribution in [0, 0.1) is 0 Å². The minimum absolute atomic E-state index is 0.316. The van der Waals surface area contributed by atoms with Gasteiger partial charge in [0.2, 0.25) is 5.75 Å². The summed E-state index contributed by atoms with van der Waals surface area (Å²) < 4.78 is 32.9. The molecule has 0 bridgehead atoms. The second-order valence-electron chi connectivity index (χ2n) is 6.25. The van der Waals surface area contributed by atoms with Gasteiger partial charge in [-0.25, -0.2) is 5.43 Å². The van der Waals surface area contributed by atoms with Gasteiger partial charge < -0.3 is 28.4 Å². The lowest BCUT2D eigenvalue weighted by Crippen LogP contribution is -2.18. The molecule has 0 saturated heterocycles. The number of nitrogens with one attached hydrogen (secondary N) is 1. The number of nitrogens with zero attached hydrogens (tertiary/aromatic N) is 1. The van der Waals surface area contributed by atoms with Crippen molar-refractivity contribution in [2.24, 2.45) is 5.10 Å². The van der Waals surface area contributed by atoms with E-state index in [1.807, 2.05) is 20.8 Å². The first-order valence-electron chi connectivity index (χ1n) is 10.2. The van der Waals surface area contributed by atoms with Gasteiger partial charge in [-0.3, -0.25) is 4.79 Å². The van der Waals surface area contributed by atoms with Crippen LogP contribution in [0.25, 0.3) is 0 Å². The molecule has 174 valence electrons. The first-order chi connectivity index (χ1) is 15.5. The highest BCUT2D eigenvalue weighted by molar-refractivity contribution is 5.96. The van der Waals surface area contributed by atoms with E-state index in [1.54, 1.807) is 24.3 Å². The van der Waals surface area contributed by atoms with E-state index in [1.165, 1.54) is 27.5 Å². The summed E-state index contributed by atoms with van der Waals surface area (Å²) in [4.78, 5) is 12.7.